The van der Waals surface area contributed by atoms with Gasteiger partial charge in [-0.1, -0.05) is 6.07 Å². The molecule has 130 valence electrons. The molecule has 2 fully saturated rings. The van der Waals surface area contributed by atoms with Gasteiger partial charge in [0.25, 0.3) is 5.91 Å². The van der Waals surface area contributed by atoms with E-state index in [1.165, 1.54) is 4.90 Å². The molecule has 1 aromatic heterocycles. The number of nitrogens with one attached hydrogen (secondary N) is 1. The Morgan fingerprint density at radius 2 is 2.00 bits per heavy atom. The number of piperidine rings is 1. The summed E-state index contributed by atoms with van der Waals surface area (Å²) in [6.45, 7) is 3.52. The van der Waals surface area contributed by atoms with E-state index in [2.05, 4.69) is 20.5 Å². The highest BCUT2D eigenvalue weighted by atomic mass is 16.2. The summed E-state index contributed by atoms with van der Waals surface area (Å²) in [6.07, 6.45) is 3.49. The lowest BCUT2D eigenvalue weighted by Crippen LogP contribution is -2.47. The minimum Gasteiger partial charge on any atom is -0.316 e. The van der Waals surface area contributed by atoms with Crippen molar-refractivity contribution in [1.29, 1.82) is 0 Å². The topological polar surface area (TPSA) is 88.1 Å². The molecule has 25 heavy (non-hydrogen) atoms. The van der Waals surface area contributed by atoms with Gasteiger partial charge in [0, 0.05) is 12.6 Å². The lowest BCUT2D eigenvalue weighted by Gasteiger charge is -2.28. The zero-order chi connectivity index (χ0) is 17.4. The fourth-order valence-corrected chi connectivity index (χ4v) is 3.28. The number of imide groups is 1. The van der Waals surface area contributed by atoms with E-state index >= 15 is 0 Å². The van der Waals surface area contributed by atoms with E-state index in [0.29, 0.717) is 17.6 Å². The van der Waals surface area contributed by atoms with Crippen LogP contribution in [0.25, 0.3) is 11.0 Å². The van der Waals surface area contributed by atoms with E-state index in [-0.39, 0.29) is 23.7 Å². The van der Waals surface area contributed by atoms with E-state index in [9.17, 15) is 9.59 Å². The second kappa shape index (κ2) is 6.48. The number of benzene rings is 1. The van der Waals surface area contributed by atoms with Crippen molar-refractivity contribution >= 4 is 22.8 Å². The average molecular weight is 339 g/mol. The largest absolute Gasteiger partial charge is 0.316 e. The SMILES string of the molecule is Cc1ccc2nnc(C(=O)N(C(=O)C3CCCNC3)C3CC3)nc2c1. The van der Waals surface area contributed by atoms with Crippen molar-refractivity contribution in [2.45, 2.75) is 38.6 Å². The van der Waals surface area contributed by atoms with Crippen molar-refractivity contribution in [2.75, 3.05) is 13.1 Å². The highest BCUT2D eigenvalue weighted by Crippen LogP contribution is 2.30. The summed E-state index contributed by atoms with van der Waals surface area (Å²) < 4.78 is 0. The van der Waals surface area contributed by atoms with Crippen molar-refractivity contribution in [3.8, 4) is 0 Å². The Morgan fingerprint density at radius 3 is 2.72 bits per heavy atom. The van der Waals surface area contributed by atoms with Gasteiger partial charge in [-0.15, -0.1) is 10.2 Å². The number of aryl methyl sites for hydroxylation is 1. The maximum absolute atomic E-state index is 13.0. The van der Waals surface area contributed by atoms with Crippen molar-refractivity contribution in [3.05, 3.63) is 29.6 Å². The number of hydrogen-bond acceptors (Lipinski definition) is 6. The summed E-state index contributed by atoms with van der Waals surface area (Å²) in [4.78, 5) is 31.6. The minimum absolute atomic E-state index is 0.00196. The maximum atomic E-state index is 13.0. The molecule has 7 nitrogen and oxygen atoms in total. The Labute approximate surface area is 145 Å². The number of nitrogens with zero attached hydrogens (tertiary/aromatic N) is 4. The molecule has 1 unspecified atom stereocenters. The molecule has 0 radical (unpaired) electrons. The summed E-state index contributed by atoms with van der Waals surface area (Å²) in [5, 5.41) is 11.3. The first-order valence-corrected chi connectivity index (χ1v) is 8.82. The van der Waals surface area contributed by atoms with Gasteiger partial charge in [-0.3, -0.25) is 14.5 Å². The molecule has 1 saturated carbocycles. The summed E-state index contributed by atoms with van der Waals surface area (Å²) in [5.41, 5.74) is 2.30. The molecule has 4 rings (SSSR count). The lowest BCUT2D eigenvalue weighted by molar-refractivity contribution is -0.133. The molecule has 1 aliphatic carbocycles. The van der Waals surface area contributed by atoms with Gasteiger partial charge < -0.3 is 5.32 Å². The molecule has 1 N–H and O–H groups in total. The number of fused-ring (bicyclic) bond motifs is 1. The van der Waals surface area contributed by atoms with Crippen LogP contribution in [0.1, 0.15) is 41.9 Å². The van der Waals surface area contributed by atoms with Gasteiger partial charge in [-0.25, -0.2) is 4.98 Å². The Balaban J connectivity index is 1.63. The van der Waals surface area contributed by atoms with Gasteiger partial charge >= 0.3 is 0 Å². The van der Waals surface area contributed by atoms with Gasteiger partial charge in [0.2, 0.25) is 11.7 Å². The molecule has 1 saturated heterocycles. The van der Waals surface area contributed by atoms with Crippen LogP contribution in [0.2, 0.25) is 0 Å². The minimum atomic E-state index is -0.422. The number of carbonyl (C=O) groups is 2. The van der Waals surface area contributed by atoms with Gasteiger partial charge in [-0.2, -0.15) is 0 Å². The van der Waals surface area contributed by atoms with Crippen LogP contribution < -0.4 is 5.32 Å². The average Bonchev–Trinajstić information content (AvgIpc) is 3.46. The molecule has 2 amide bonds. The van der Waals surface area contributed by atoms with E-state index in [1.807, 2.05) is 25.1 Å². The van der Waals surface area contributed by atoms with Crippen LogP contribution in [0.5, 0.6) is 0 Å². The molecule has 2 aliphatic rings. The standard InChI is InChI=1S/C18H21N5O2/c1-11-4-7-14-15(9-11)20-16(22-21-14)18(25)23(13-5-6-13)17(24)12-3-2-8-19-10-12/h4,7,9,12-13,19H,2-3,5-6,8,10H2,1H3. The molecule has 2 aromatic rings. The number of amides is 2. The Kier molecular flexibility index (Phi) is 4.17. The van der Waals surface area contributed by atoms with E-state index < -0.39 is 5.91 Å². The molecule has 1 atom stereocenters. The summed E-state index contributed by atoms with van der Waals surface area (Å²) in [7, 11) is 0. The Bertz CT molecular complexity index is 827. The highest BCUT2D eigenvalue weighted by Gasteiger charge is 2.41. The van der Waals surface area contributed by atoms with Crippen LogP contribution in [0.15, 0.2) is 18.2 Å². The molecule has 2 heterocycles. The first-order valence-electron chi connectivity index (χ1n) is 8.82. The summed E-state index contributed by atoms with van der Waals surface area (Å²) in [6, 6.07) is 5.61. The zero-order valence-electron chi connectivity index (χ0n) is 14.2. The predicted molar refractivity (Wildman–Crippen MR) is 91.9 cm³/mol. The molecular formula is C18H21N5O2. The fraction of sp³-hybridized carbons (Fsp3) is 0.500. The molecule has 0 bridgehead atoms. The van der Waals surface area contributed by atoms with Crippen LogP contribution in [0, 0.1) is 12.8 Å². The summed E-state index contributed by atoms with van der Waals surface area (Å²) >= 11 is 0. The first kappa shape index (κ1) is 16.1. The fourth-order valence-electron chi connectivity index (χ4n) is 3.28. The van der Waals surface area contributed by atoms with E-state index in [0.717, 1.165) is 37.8 Å². The van der Waals surface area contributed by atoms with Crippen LogP contribution in [0.4, 0.5) is 0 Å². The Hall–Kier alpha value is -2.41. The van der Waals surface area contributed by atoms with Crippen LogP contribution >= 0.6 is 0 Å². The molecule has 1 aliphatic heterocycles. The third-order valence-corrected chi connectivity index (χ3v) is 4.82. The zero-order valence-corrected chi connectivity index (χ0v) is 14.2. The van der Waals surface area contributed by atoms with Gasteiger partial charge in [0.1, 0.15) is 5.52 Å². The number of hydrogen-bond donors (Lipinski definition) is 1. The lowest BCUT2D eigenvalue weighted by atomic mass is 9.98. The third-order valence-electron chi connectivity index (χ3n) is 4.82. The molecule has 0 spiro atoms. The monoisotopic (exact) mass is 339 g/mol. The normalized spacial score (nSPS) is 20.4. The summed E-state index contributed by atoms with van der Waals surface area (Å²) in [5.74, 6) is -0.669. The molecule has 1 aromatic carbocycles. The van der Waals surface area contributed by atoms with Crippen LogP contribution in [-0.2, 0) is 4.79 Å². The third kappa shape index (κ3) is 3.24. The van der Waals surface area contributed by atoms with Crippen molar-refractivity contribution in [1.82, 2.24) is 25.4 Å². The van der Waals surface area contributed by atoms with Gasteiger partial charge in [0.05, 0.1) is 11.4 Å². The Morgan fingerprint density at radius 1 is 1.16 bits per heavy atom. The van der Waals surface area contributed by atoms with Crippen molar-refractivity contribution in [3.63, 3.8) is 0 Å². The van der Waals surface area contributed by atoms with Gasteiger partial charge in [0.15, 0.2) is 0 Å². The number of aromatic nitrogens is 3. The van der Waals surface area contributed by atoms with Crippen molar-refractivity contribution in [2.24, 2.45) is 5.92 Å². The quantitative estimate of drug-likeness (QED) is 0.852. The first-order chi connectivity index (χ1) is 12.1. The van der Waals surface area contributed by atoms with Crippen molar-refractivity contribution < 1.29 is 9.59 Å². The second-order valence-corrected chi connectivity index (χ2v) is 6.92. The van der Waals surface area contributed by atoms with Crippen LogP contribution in [0.3, 0.4) is 0 Å². The smallest absolute Gasteiger partial charge is 0.300 e. The number of rotatable bonds is 3. The van der Waals surface area contributed by atoms with E-state index in [1.54, 1.807) is 0 Å². The second-order valence-electron chi connectivity index (χ2n) is 6.92. The number of carbonyl (C=O) groups excluding carboxylic acids is 2. The highest BCUT2D eigenvalue weighted by molar-refractivity contribution is 6.04. The molecular weight excluding hydrogens is 318 g/mol. The van der Waals surface area contributed by atoms with Crippen LogP contribution in [-0.4, -0.2) is 51.0 Å². The molecule has 7 heteroatoms. The predicted octanol–water partition coefficient (Wildman–Crippen LogP) is 1.46. The maximum Gasteiger partial charge on any atom is 0.300 e. The van der Waals surface area contributed by atoms with Gasteiger partial charge in [-0.05, 0) is 56.8 Å². The van der Waals surface area contributed by atoms with E-state index in [4.69, 9.17) is 0 Å².